The van der Waals surface area contributed by atoms with Gasteiger partial charge in [0, 0.05) is 17.4 Å². The predicted octanol–water partition coefficient (Wildman–Crippen LogP) is 4.38. The molecule has 0 unspecified atom stereocenters. The molecule has 4 atom stereocenters. The summed E-state index contributed by atoms with van der Waals surface area (Å²) in [6, 6.07) is 26.5. The number of aryl methyl sites for hydroxylation is 1. The Kier molecular flexibility index (Phi) is 5.38. The summed E-state index contributed by atoms with van der Waals surface area (Å²) in [7, 11) is 0. The minimum atomic E-state index is -0.590. The van der Waals surface area contributed by atoms with Crippen molar-refractivity contribution in [2.45, 2.75) is 18.8 Å². The molecule has 3 aromatic rings. The normalized spacial score (nSPS) is 24.0. The highest BCUT2D eigenvalue weighted by molar-refractivity contribution is 6.09. The van der Waals surface area contributed by atoms with E-state index in [-0.39, 0.29) is 23.7 Å². The summed E-state index contributed by atoms with van der Waals surface area (Å²) in [6.07, 6.45) is 4.07. The number of rotatable bonds is 4. The van der Waals surface area contributed by atoms with Crippen molar-refractivity contribution in [1.82, 2.24) is 10.4 Å². The van der Waals surface area contributed by atoms with E-state index >= 15 is 0 Å². The van der Waals surface area contributed by atoms with Crippen LogP contribution in [0.25, 0.3) is 0 Å². The van der Waals surface area contributed by atoms with Crippen molar-refractivity contribution in [3.8, 4) is 0 Å². The van der Waals surface area contributed by atoms with Gasteiger partial charge < -0.3 is 0 Å². The Morgan fingerprint density at radius 1 is 0.727 bits per heavy atom. The summed E-state index contributed by atoms with van der Waals surface area (Å²) < 4.78 is 0. The smallest absolute Gasteiger partial charge is 0.270 e. The molecule has 3 aromatic carbocycles. The molecular formula is C28H24N2O3. The molecule has 2 aliphatic rings. The maximum Gasteiger partial charge on any atom is 0.270 e. The van der Waals surface area contributed by atoms with Gasteiger partial charge in [0.15, 0.2) is 0 Å². The third-order valence-electron chi connectivity index (χ3n) is 6.56. The third-order valence-corrected chi connectivity index (χ3v) is 6.56. The highest BCUT2D eigenvalue weighted by Gasteiger charge is 2.55. The number of fused-ring (bicyclic) bond motifs is 1. The molecule has 1 aliphatic carbocycles. The van der Waals surface area contributed by atoms with E-state index in [1.165, 1.54) is 0 Å². The van der Waals surface area contributed by atoms with Gasteiger partial charge in [-0.05, 0) is 30.2 Å². The van der Waals surface area contributed by atoms with Crippen molar-refractivity contribution >= 4 is 17.7 Å². The molecule has 164 valence electrons. The first-order valence-electron chi connectivity index (χ1n) is 11.1. The van der Waals surface area contributed by atoms with Gasteiger partial charge in [0.1, 0.15) is 0 Å². The van der Waals surface area contributed by atoms with Crippen LogP contribution < -0.4 is 5.43 Å². The average Bonchev–Trinajstić information content (AvgIpc) is 3.10. The van der Waals surface area contributed by atoms with E-state index in [4.69, 9.17) is 0 Å². The maximum atomic E-state index is 13.6. The minimum Gasteiger partial charge on any atom is -0.272 e. The first-order chi connectivity index (χ1) is 16.0. The molecule has 0 saturated carbocycles. The molecule has 1 fully saturated rings. The number of hydrazine groups is 1. The second-order valence-electron chi connectivity index (χ2n) is 8.63. The monoisotopic (exact) mass is 436 g/mol. The highest BCUT2D eigenvalue weighted by Crippen LogP contribution is 2.48. The summed E-state index contributed by atoms with van der Waals surface area (Å²) in [5.41, 5.74) is 5.87. The van der Waals surface area contributed by atoms with Crippen molar-refractivity contribution in [2.75, 3.05) is 0 Å². The first kappa shape index (κ1) is 20.9. The topological polar surface area (TPSA) is 66.5 Å². The zero-order valence-electron chi connectivity index (χ0n) is 18.2. The van der Waals surface area contributed by atoms with E-state index in [2.05, 4.69) is 5.43 Å². The van der Waals surface area contributed by atoms with Gasteiger partial charge in [-0.2, -0.15) is 5.01 Å². The SMILES string of the molecule is Cc1cccc(C(=O)NN2C(=O)[C@H]3[C@H](C2=O)[C@H](c2ccccc2)C=C[C@H]3c2ccccc2)c1. The van der Waals surface area contributed by atoms with Crippen LogP contribution >= 0.6 is 0 Å². The highest BCUT2D eigenvalue weighted by atomic mass is 16.2. The second kappa shape index (κ2) is 8.51. The summed E-state index contributed by atoms with van der Waals surface area (Å²) in [5, 5.41) is 0.943. The third kappa shape index (κ3) is 3.76. The van der Waals surface area contributed by atoms with Gasteiger partial charge in [-0.1, -0.05) is 90.5 Å². The molecule has 0 bridgehead atoms. The van der Waals surface area contributed by atoms with E-state index in [0.717, 1.165) is 21.7 Å². The van der Waals surface area contributed by atoms with Crippen LogP contribution in [0.15, 0.2) is 97.1 Å². The molecule has 0 spiro atoms. The van der Waals surface area contributed by atoms with Crippen molar-refractivity contribution < 1.29 is 14.4 Å². The van der Waals surface area contributed by atoms with Gasteiger partial charge in [-0.3, -0.25) is 19.8 Å². The number of hydrogen-bond donors (Lipinski definition) is 1. The van der Waals surface area contributed by atoms with Crippen LogP contribution in [0.1, 0.15) is 38.9 Å². The van der Waals surface area contributed by atoms with E-state index in [0.29, 0.717) is 5.56 Å². The zero-order chi connectivity index (χ0) is 22.9. The van der Waals surface area contributed by atoms with Crippen LogP contribution in [-0.4, -0.2) is 22.7 Å². The van der Waals surface area contributed by atoms with Gasteiger partial charge in [0.25, 0.3) is 17.7 Å². The zero-order valence-corrected chi connectivity index (χ0v) is 18.2. The summed E-state index contributed by atoms with van der Waals surface area (Å²) in [6.45, 7) is 1.89. The van der Waals surface area contributed by atoms with Crippen LogP contribution in [0.3, 0.4) is 0 Å². The molecule has 33 heavy (non-hydrogen) atoms. The van der Waals surface area contributed by atoms with Gasteiger partial charge >= 0.3 is 0 Å². The largest absolute Gasteiger partial charge is 0.272 e. The lowest BCUT2D eigenvalue weighted by molar-refractivity contribution is -0.142. The average molecular weight is 437 g/mol. The molecule has 1 N–H and O–H groups in total. The van der Waals surface area contributed by atoms with E-state index < -0.39 is 17.7 Å². The fourth-order valence-electron chi connectivity index (χ4n) is 5.00. The molecule has 0 radical (unpaired) electrons. The van der Waals surface area contributed by atoms with Gasteiger partial charge in [0.2, 0.25) is 0 Å². The fraction of sp³-hybridized carbons (Fsp3) is 0.179. The van der Waals surface area contributed by atoms with Crippen LogP contribution in [0.4, 0.5) is 0 Å². The lowest BCUT2D eigenvalue weighted by Crippen LogP contribution is -2.46. The fourth-order valence-corrected chi connectivity index (χ4v) is 5.00. The van der Waals surface area contributed by atoms with E-state index in [1.54, 1.807) is 18.2 Å². The molecule has 1 saturated heterocycles. The first-order valence-corrected chi connectivity index (χ1v) is 11.1. The number of imide groups is 1. The molecule has 1 heterocycles. The number of allylic oxidation sites excluding steroid dienone is 2. The van der Waals surface area contributed by atoms with E-state index in [1.807, 2.05) is 85.8 Å². The number of carbonyl (C=O) groups is 3. The Bertz CT molecular complexity index is 1170. The Morgan fingerprint density at radius 2 is 1.24 bits per heavy atom. The number of nitrogens with zero attached hydrogens (tertiary/aromatic N) is 1. The Labute approximate surface area is 192 Å². The summed E-state index contributed by atoms with van der Waals surface area (Å²) >= 11 is 0. The minimum absolute atomic E-state index is 0.242. The predicted molar refractivity (Wildman–Crippen MR) is 125 cm³/mol. The molecule has 1 aliphatic heterocycles. The quantitative estimate of drug-likeness (QED) is 0.488. The van der Waals surface area contributed by atoms with Crippen molar-refractivity contribution in [1.29, 1.82) is 0 Å². The van der Waals surface area contributed by atoms with Gasteiger partial charge in [-0.25, -0.2) is 0 Å². The number of hydrogen-bond acceptors (Lipinski definition) is 3. The maximum absolute atomic E-state index is 13.6. The number of amides is 3. The molecule has 5 rings (SSSR count). The standard InChI is InChI=1S/C28H24N2O3/c1-18-9-8-14-21(17-18)26(31)29-30-27(32)24-22(19-10-4-2-5-11-19)15-16-23(25(24)28(30)33)20-12-6-3-7-13-20/h2-17,22-25H,1H3,(H,29,31)/t22-,23-,24+,25+/m0/s1. The van der Waals surface area contributed by atoms with Gasteiger partial charge in [0.05, 0.1) is 11.8 Å². The molecular weight excluding hydrogens is 412 g/mol. The Morgan fingerprint density at radius 3 is 1.73 bits per heavy atom. The molecule has 5 nitrogen and oxygen atoms in total. The number of benzene rings is 3. The van der Waals surface area contributed by atoms with Crippen LogP contribution in [0.2, 0.25) is 0 Å². The van der Waals surface area contributed by atoms with Crippen LogP contribution in [-0.2, 0) is 9.59 Å². The van der Waals surface area contributed by atoms with E-state index in [9.17, 15) is 14.4 Å². The van der Waals surface area contributed by atoms with Crippen molar-refractivity contribution in [3.05, 3.63) is 119 Å². The Balaban J connectivity index is 1.52. The lowest BCUT2D eigenvalue weighted by Gasteiger charge is -2.32. The molecule has 0 aromatic heterocycles. The van der Waals surface area contributed by atoms with Crippen molar-refractivity contribution in [3.63, 3.8) is 0 Å². The molecule has 5 heteroatoms. The van der Waals surface area contributed by atoms with Crippen LogP contribution in [0, 0.1) is 18.8 Å². The summed E-state index contributed by atoms with van der Waals surface area (Å²) in [4.78, 5) is 40.1. The second-order valence-corrected chi connectivity index (χ2v) is 8.63. The van der Waals surface area contributed by atoms with Crippen molar-refractivity contribution in [2.24, 2.45) is 11.8 Å². The van der Waals surface area contributed by atoms with Gasteiger partial charge in [-0.15, -0.1) is 0 Å². The Hall–Kier alpha value is -3.99. The summed E-state index contributed by atoms with van der Waals surface area (Å²) in [5.74, 6) is -2.88. The number of nitrogens with one attached hydrogen (secondary N) is 1. The van der Waals surface area contributed by atoms with Crippen LogP contribution in [0.5, 0.6) is 0 Å². The number of carbonyl (C=O) groups excluding carboxylic acids is 3. The molecule has 3 amide bonds. The lowest BCUT2D eigenvalue weighted by atomic mass is 9.68.